The van der Waals surface area contributed by atoms with E-state index in [0.29, 0.717) is 21.7 Å². The van der Waals surface area contributed by atoms with Crippen molar-refractivity contribution in [3.05, 3.63) is 104 Å². The highest BCUT2D eigenvalue weighted by molar-refractivity contribution is 7.99. The number of aryl methyl sites for hydroxylation is 2. The molecule has 1 heterocycles. The number of nitrogens with zero attached hydrogens (tertiary/aromatic N) is 3. The van der Waals surface area contributed by atoms with Crippen LogP contribution in [0.4, 0.5) is 5.69 Å². The van der Waals surface area contributed by atoms with E-state index < -0.39 is 4.92 Å². The van der Waals surface area contributed by atoms with Gasteiger partial charge in [0.1, 0.15) is 0 Å². The summed E-state index contributed by atoms with van der Waals surface area (Å²) >= 11 is 1.13. The van der Waals surface area contributed by atoms with Crippen LogP contribution >= 0.6 is 11.8 Å². The zero-order valence-electron chi connectivity index (χ0n) is 17.4. The van der Waals surface area contributed by atoms with Crippen molar-refractivity contribution in [3.8, 4) is 5.69 Å². The maximum absolute atomic E-state index is 13.4. The number of hydrogen-bond acceptors (Lipinski definition) is 6. The molecular formula is C24H19N3O4S. The molecule has 0 saturated carbocycles. The van der Waals surface area contributed by atoms with Gasteiger partial charge in [0.25, 0.3) is 11.2 Å². The number of non-ortho nitro benzene ring substituents is 1. The number of thioether (sulfide) groups is 1. The molecule has 0 amide bonds. The van der Waals surface area contributed by atoms with E-state index in [1.165, 1.54) is 22.8 Å². The lowest BCUT2D eigenvalue weighted by Gasteiger charge is -2.15. The number of ketones is 1. The molecule has 3 aromatic carbocycles. The highest BCUT2D eigenvalue weighted by atomic mass is 32.2. The largest absolute Gasteiger partial charge is 0.293 e. The van der Waals surface area contributed by atoms with Gasteiger partial charge < -0.3 is 0 Å². The third kappa shape index (κ3) is 4.17. The molecule has 0 aliphatic rings. The van der Waals surface area contributed by atoms with Gasteiger partial charge in [0.05, 0.1) is 27.3 Å². The number of hydrogen-bond donors (Lipinski definition) is 0. The summed E-state index contributed by atoms with van der Waals surface area (Å²) in [5.41, 5.74) is 3.12. The fourth-order valence-corrected chi connectivity index (χ4v) is 4.38. The number of fused-ring (bicyclic) bond motifs is 1. The molecular weight excluding hydrogens is 426 g/mol. The van der Waals surface area contributed by atoms with Gasteiger partial charge in [0.15, 0.2) is 10.9 Å². The average Bonchev–Trinajstić information content (AvgIpc) is 2.78. The highest BCUT2D eigenvalue weighted by Gasteiger charge is 2.17. The van der Waals surface area contributed by atoms with Crippen molar-refractivity contribution in [2.45, 2.75) is 19.0 Å². The minimum absolute atomic E-state index is 0.0170. The summed E-state index contributed by atoms with van der Waals surface area (Å²) in [7, 11) is 0. The van der Waals surface area contributed by atoms with Crippen LogP contribution in [0.2, 0.25) is 0 Å². The highest BCUT2D eigenvalue weighted by Crippen LogP contribution is 2.25. The number of nitro groups is 1. The smallest absolute Gasteiger partial charge is 0.270 e. The van der Waals surface area contributed by atoms with Crippen LogP contribution in [0.15, 0.2) is 76.7 Å². The maximum Gasteiger partial charge on any atom is 0.270 e. The first-order valence-corrected chi connectivity index (χ1v) is 10.8. The summed E-state index contributed by atoms with van der Waals surface area (Å²) in [6.45, 7) is 3.90. The molecule has 0 aliphatic carbocycles. The molecule has 1 aromatic heterocycles. The molecule has 4 rings (SSSR count). The number of benzene rings is 3. The summed E-state index contributed by atoms with van der Waals surface area (Å²) in [6, 6.07) is 18.5. The second-order valence-electron chi connectivity index (χ2n) is 7.36. The first kappa shape index (κ1) is 21.5. The van der Waals surface area contributed by atoms with Gasteiger partial charge in [-0.25, -0.2) is 4.98 Å². The number of nitro benzene ring substituents is 1. The van der Waals surface area contributed by atoms with E-state index in [4.69, 9.17) is 0 Å². The molecule has 0 spiro atoms. The molecule has 160 valence electrons. The topological polar surface area (TPSA) is 95.1 Å². The number of carbonyl (C=O) groups excluding carboxylic acids is 1. The lowest BCUT2D eigenvalue weighted by Crippen LogP contribution is -2.23. The van der Waals surface area contributed by atoms with Crippen LogP contribution in [-0.4, -0.2) is 26.0 Å². The van der Waals surface area contributed by atoms with E-state index in [1.807, 2.05) is 32.0 Å². The molecule has 0 unspecified atom stereocenters. The number of carbonyl (C=O) groups is 1. The van der Waals surface area contributed by atoms with Gasteiger partial charge in [-0.15, -0.1) is 0 Å². The van der Waals surface area contributed by atoms with Crippen LogP contribution in [0.25, 0.3) is 16.6 Å². The van der Waals surface area contributed by atoms with Crippen molar-refractivity contribution in [1.29, 1.82) is 0 Å². The Morgan fingerprint density at radius 1 is 1.06 bits per heavy atom. The molecule has 0 radical (unpaired) electrons. The number of aromatic nitrogens is 2. The fourth-order valence-electron chi connectivity index (χ4n) is 3.48. The third-order valence-electron chi connectivity index (χ3n) is 5.05. The Morgan fingerprint density at radius 3 is 2.59 bits per heavy atom. The summed E-state index contributed by atoms with van der Waals surface area (Å²) in [6.07, 6.45) is 0. The minimum Gasteiger partial charge on any atom is -0.293 e. The Kier molecular flexibility index (Phi) is 5.87. The van der Waals surface area contributed by atoms with Crippen molar-refractivity contribution >= 4 is 34.1 Å². The molecule has 0 bridgehead atoms. The van der Waals surface area contributed by atoms with E-state index in [1.54, 1.807) is 30.3 Å². The molecule has 4 aromatic rings. The van der Waals surface area contributed by atoms with Gasteiger partial charge in [-0.3, -0.25) is 24.3 Å². The lowest BCUT2D eigenvalue weighted by atomic mass is 10.1. The van der Waals surface area contributed by atoms with Gasteiger partial charge in [0, 0.05) is 17.7 Å². The van der Waals surface area contributed by atoms with E-state index in [9.17, 15) is 19.7 Å². The second-order valence-corrected chi connectivity index (χ2v) is 8.30. The van der Waals surface area contributed by atoms with Gasteiger partial charge >= 0.3 is 0 Å². The Labute approximate surface area is 187 Å². The quantitative estimate of drug-likeness (QED) is 0.138. The second kappa shape index (κ2) is 8.76. The molecule has 0 fully saturated rings. The summed E-state index contributed by atoms with van der Waals surface area (Å²) in [4.78, 5) is 41.2. The SMILES string of the molecule is Cc1ccc(-n2c(SCC(=O)c3cccc([N+](=O)[O-])c3)nc3ccccc3c2=O)c(C)c1. The summed E-state index contributed by atoms with van der Waals surface area (Å²) in [5, 5.41) is 11.9. The van der Waals surface area contributed by atoms with E-state index in [-0.39, 0.29) is 28.3 Å². The van der Waals surface area contributed by atoms with Crippen molar-refractivity contribution < 1.29 is 9.72 Å². The summed E-state index contributed by atoms with van der Waals surface area (Å²) in [5.74, 6) is -0.301. The predicted octanol–water partition coefficient (Wildman–Crippen LogP) is 4.89. The number of Topliss-reactive ketones (excluding diaryl/α,β-unsaturated/α-hetero) is 1. The number of para-hydroxylation sites is 1. The van der Waals surface area contributed by atoms with Crippen molar-refractivity contribution in [3.63, 3.8) is 0 Å². The Bertz CT molecular complexity index is 1430. The van der Waals surface area contributed by atoms with Gasteiger partial charge in [-0.1, -0.05) is 53.7 Å². The first-order chi connectivity index (χ1) is 15.3. The van der Waals surface area contributed by atoms with Crippen molar-refractivity contribution in [2.75, 3.05) is 5.75 Å². The zero-order valence-corrected chi connectivity index (χ0v) is 18.3. The molecule has 7 nitrogen and oxygen atoms in total. The van der Waals surface area contributed by atoms with Crippen LogP contribution < -0.4 is 5.56 Å². The van der Waals surface area contributed by atoms with Gasteiger partial charge in [-0.2, -0.15) is 0 Å². The predicted molar refractivity (Wildman–Crippen MR) is 125 cm³/mol. The molecule has 0 saturated heterocycles. The Morgan fingerprint density at radius 2 is 1.84 bits per heavy atom. The maximum atomic E-state index is 13.4. The molecule has 0 aliphatic heterocycles. The van der Waals surface area contributed by atoms with Crippen LogP contribution in [-0.2, 0) is 0 Å². The Balaban J connectivity index is 1.76. The van der Waals surface area contributed by atoms with E-state index in [2.05, 4.69) is 4.98 Å². The lowest BCUT2D eigenvalue weighted by molar-refractivity contribution is -0.384. The Hall–Kier alpha value is -3.78. The van der Waals surface area contributed by atoms with Gasteiger partial charge in [0.2, 0.25) is 0 Å². The fraction of sp³-hybridized carbons (Fsp3) is 0.125. The van der Waals surface area contributed by atoms with Crippen LogP contribution in [0, 0.1) is 24.0 Å². The molecule has 32 heavy (non-hydrogen) atoms. The van der Waals surface area contributed by atoms with Crippen LogP contribution in [0.3, 0.4) is 0 Å². The van der Waals surface area contributed by atoms with Gasteiger partial charge in [-0.05, 0) is 37.6 Å². The van der Waals surface area contributed by atoms with E-state index in [0.717, 1.165) is 22.9 Å². The molecule has 0 atom stereocenters. The first-order valence-electron chi connectivity index (χ1n) is 9.85. The van der Waals surface area contributed by atoms with Crippen molar-refractivity contribution in [1.82, 2.24) is 9.55 Å². The zero-order chi connectivity index (χ0) is 22.8. The standard InChI is InChI=1S/C24H19N3O4S/c1-15-10-11-21(16(2)12-15)26-23(29)19-8-3-4-9-20(19)25-24(26)32-14-22(28)17-6-5-7-18(13-17)27(30)31/h3-13H,14H2,1-2H3. The minimum atomic E-state index is -0.535. The monoisotopic (exact) mass is 445 g/mol. The normalized spacial score (nSPS) is 10.9. The van der Waals surface area contributed by atoms with Crippen LogP contribution in [0.1, 0.15) is 21.5 Å². The average molecular weight is 446 g/mol. The summed E-state index contributed by atoms with van der Waals surface area (Å²) < 4.78 is 1.53. The molecule has 8 heteroatoms. The van der Waals surface area contributed by atoms with Crippen LogP contribution in [0.5, 0.6) is 0 Å². The third-order valence-corrected chi connectivity index (χ3v) is 5.99. The molecule has 0 N–H and O–H groups in total. The van der Waals surface area contributed by atoms with E-state index >= 15 is 0 Å². The number of rotatable bonds is 6. The van der Waals surface area contributed by atoms with Crippen molar-refractivity contribution in [2.24, 2.45) is 0 Å².